The molecule has 104 valence electrons. The van der Waals surface area contributed by atoms with Crippen molar-refractivity contribution in [3.05, 3.63) is 0 Å². The number of hydrogen-bond donors (Lipinski definition) is 0. The molecule has 0 radical (unpaired) electrons. The number of halogens is 3. The van der Waals surface area contributed by atoms with E-state index in [1.807, 2.05) is 41.5 Å². The molecule has 0 aliphatic carbocycles. The van der Waals surface area contributed by atoms with Crippen molar-refractivity contribution < 1.29 is 17.9 Å². The summed E-state index contributed by atoms with van der Waals surface area (Å²) in [6.45, 7) is 11.5. The lowest BCUT2D eigenvalue weighted by molar-refractivity contribution is -0.357. The first-order valence-electron chi connectivity index (χ1n) is 6.18. The van der Waals surface area contributed by atoms with Crippen molar-refractivity contribution in [1.29, 1.82) is 0 Å². The Hall–Kier alpha value is -0.250. The molecule has 0 aromatic carbocycles. The van der Waals surface area contributed by atoms with Gasteiger partial charge in [-0.25, -0.2) is 0 Å². The number of alkyl halides is 3. The standard InChI is InChI=1S/C13H25F3O/c1-7-11(3,4)9-10(12(5,6)8-2)17-13(14,15)16/h10H,7-9H2,1-6H3. The Morgan fingerprint density at radius 3 is 1.71 bits per heavy atom. The summed E-state index contributed by atoms with van der Waals surface area (Å²) >= 11 is 0. The number of rotatable bonds is 6. The van der Waals surface area contributed by atoms with E-state index in [4.69, 9.17) is 0 Å². The first-order chi connectivity index (χ1) is 7.43. The first kappa shape index (κ1) is 16.8. The van der Waals surface area contributed by atoms with Gasteiger partial charge in [0.05, 0.1) is 6.10 Å². The summed E-state index contributed by atoms with van der Waals surface area (Å²) in [6.07, 6.45) is -3.43. The van der Waals surface area contributed by atoms with Crippen molar-refractivity contribution in [1.82, 2.24) is 0 Å². The van der Waals surface area contributed by atoms with Gasteiger partial charge < -0.3 is 0 Å². The van der Waals surface area contributed by atoms with E-state index in [9.17, 15) is 13.2 Å². The van der Waals surface area contributed by atoms with E-state index in [-0.39, 0.29) is 5.41 Å². The molecule has 1 nitrogen and oxygen atoms in total. The van der Waals surface area contributed by atoms with Crippen molar-refractivity contribution in [2.45, 2.75) is 73.3 Å². The fourth-order valence-corrected chi connectivity index (χ4v) is 1.51. The van der Waals surface area contributed by atoms with E-state index < -0.39 is 17.9 Å². The smallest absolute Gasteiger partial charge is 0.288 e. The molecular weight excluding hydrogens is 229 g/mol. The molecule has 0 rings (SSSR count). The zero-order chi connectivity index (χ0) is 13.9. The van der Waals surface area contributed by atoms with Crippen molar-refractivity contribution in [3.63, 3.8) is 0 Å². The van der Waals surface area contributed by atoms with E-state index in [2.05, 4.69) is 4.74 Å². The van der Waals surface area contributed by atoms with E-state index in [1.165, 1.54) is 0 Å². The zero-order valence-corrected chi connectivity index (χ0v) is 11.7. The van der Waals surface area contributed by atoms with Gasteiger partial charge in [0.2, 0.25) is 0 Å². The third kappa shape index (κ3) is 6.29. The Kier molecular flexibility index (Phi) is 5.51. The Labute approximate surface area is 103 Å². The van der Waals surface area contributed by atoms with Gasteiger partial charge in [-0.1, -0.05) is 48.0 Å². The van der Waals surface area contributed by atoms with Gasteiger partial charge in [-0.05, 0) is 23.7 Å². The highest BCUT2D eigenvalue weighted by Gasteiger charge is 2.41. The van der Waals surface area contributed by atoms with Gasteiger partial charge in [0, 0.05) is 0 Å². The summed E-state index contributed by atoms with van der Waals surface area (Å²) < 4.78 is 41.6. The summed E-state index contributed by atoms with van der Waals surface area (Å²) in [7, 11) is 0. The summed E-state index contributed by atoms with van der Waals surface area (Å²) in [4.78, 5) is 0. The lowest BCUT2D eigenvalue weighted by Crippen LogP contribution is -2.39. The van der Waals surface area contributed by atoms with Crippen molar-refractivity contribution in [2.75, 3.05) is 0 Å². The minimum Gasteiger partial charge on any atom is -0.288 e. The molecule has 0 saturated heterocycles. The fourth-order valence-electron chi connectivity index (χ4n) is 1.51. The van der Waals surface area contributed by atoms with Gasteiger partial charge >= 0.3 is 6.36 Å². The summed E-state index contributed by atoms with van der Waals surface area (Å²) in [5, 5.41) is 0. The molecule has 0 aliphatic heterocycles. The Morgan fingerprint density at radius 1 is 0.941 bits per heavy atom. The molecule has 0 spiro atoms. The third-order valence-corrected chi connectivity index (χ3v) is 3.75. The van der Waals surface area contributed by atoms with Crippen LogP contribution in [-0.4, -0.2) is 12.5 Å². The van der Waals surface area contributed by atoms with E-state index in [0.29, 0.717) is 12.8 Å². The van der Waals surface area contributed by atoms with Crippen LogP contribution in [0.25, 0.3) is 0 Å². The highest BCUT2D eigenvalue weighted by Crippen LogP contribution is 2.39. The van der Waals surface area contributed by atoms with E-state index >= 15 is 0 Å². The zero-order valence-electron chi connectivity index (χ0n) is 11.7. The molecule has 0 amide bonds. The van der Waals surface area contributed by atoms with Crippen LogP contribution >= 0.6 is 0 Å². The largest absolute Gasteiger partial charge is 0.522 e. The van der Waals surface area contributed by atoms with Gasteiger partial charge in [0.1, 0.15) is 0 Å². The van der Waals surface area contributed by atoms with Crippen molar-refractivity contribution in [3.8, 4) is 0 Å². The Balaban J connectivity index is 4.88. The molecule has 0 bridgehead atoms. The maximum Gasteiger partial charge on any atom is 0.522 e. The molecular formula is C13H25F3O. The van der Waals surface area contributed by atoms with Crippen LogP contribution in [-0.2, 0) is 4.74 Å². The second-order valence-electron chi connectivity index (χ2n) is 6.12. The minimum atomic E-state index is -4.55. The van der Waals surface area contributed by atoms with E-state index in [0.717, 1.165) is 6.42 Å². The lowest BCUT2D eigenvalue weighted by Gasteiger charge is -2.38. The second-order valence-corrected chi connectivity index (χ2v) is 6.12. The molecule has 0 N–H and O–H groups in total. The molecule has 0 aromatic rings. The van der Waals surface area contributed by atoms with Crippen molar-refractivity contribution >= 4 is 0 Å². The fraction of sp³-hybridized carbons (Fsp3) is 1.00. The molecule has 1 unspecified atom stereocenters. The first-order valence-corrected chi connectivity index (χ1v) is 6.18. The highest BCUT2D eigenvalue weighted by molar-refractivity contribution is 4.83. The minimum absolute atomic E-state index is 0.137. The normalized spacial score (nSPS) is 16.1. The molecule has 0 saturated carbocycles. The van der Waals surface area contributed by atoms with Gasteiger partial charge in [0.25, 0.3) is 0 Å². The van der Waals surface area contributed by atoms with E-state index in [1.54, 1.807) is 0 Å². The van der Waals surface area contributed by atoms with Gasteiger partial charge in [-0.2, -0.15) is 0 Å². The highest BCUT2D eigenvalue weighted by atomic mass is 19.4. The average Bonchev–Trinajstić information content (AvgIpc) is 2.14. The van der Waals surface area contributed by atoms with Crippen LogP contribution in [0, 0.1) is 10.8 Å². The number of hydrogen-bond acceptors (Lipinski definition) is 1. The quantitative estimate of drug-likeness (QED) is 0.636. The predicted octanol–water partition coefficient (Wildman–Crippen LogP) is 5.15. The van der Waals surface area contributed by atoms with Gasteiger partial charge in [-0.15, -0.1) is 13.2 Å². The Morgan fingerprint density at radius 2 is 1.41 bits per heavy atom. The SMILES string of the molecule is CCC(C)(C)CC(OC(F)(F)F)C(C)(C)CC. The molecule has 1 atom stereocenters. The van der Waals surface area contributed by atoms with Crippen LogP contribution in [0.5, 0.6) is 0 Å². The van der Waals surface area contributed by atoms with Crippen LogP contribution in [0.4, 0.5) is 13.2 Å². The van der Waals surface area contributed by atoms with Crippen LogP contribution in [0.2, 0.25) is 0 Å². The van der Waals surface area contributed by atoms with Crippen molar-refractivity contribution in [2.24, 2.45) is 10.8 Å². The summed E-state index contributed by atoms with van der Waals surface area (Å²) in [5.41, 5.74) is -0.607. The monoisotopic (exact) mass is 254 g/mol. The molecule has 0 heterocycles. The maximum absolute atomic E-state index is 12.4. The van der Waals surface area contributed by atoms with Crippen LogP contribution in [0.3, 0.4) is 0 Å². The maximum atomic E-state index is 12.4. The Bertz CT molecular complexity index is 231. The third-order valence-electron chi connectivity index (χ3n) is 3.75. The molecule has 0 aromatic heterocycles. The molecule has 17 heavy (non-hydrogen) atoms. The molecule has 0 aliphatic rings. The predicted molar refractivity (Wildman–Crippen MR) is 63.7 cm³/mol. The summed E-state index contributed by atoms with van der Waals surface area (Å²) in [6, 6.07) is 0. The van der Waals surface area contributed by atoms with Crippen LogP contribution < -0.4 is 0 Å². The van der Waals surface area contributed by atoms with Gasteiger partial charge in [-0.3, -0.25) is 4.74 Å². The summed E-state index contributed by atoms with van der Waals surface area (Å²) in [5.74, 6) is 0. The topological polar surface area (TPSA) is 9.23 Å². The van der Waals surface area contributed by atoms with Gasteiger partial charge in [0.15, 0.2) is 0 Å². The molecule has 0 fully saturated rings. The van der Waals surface area contributed by atoms with Crippen LogP contribution in [0.1, 0.15) is 60.8 Å². The average molecular weight is 254 g/mol. The lowest BCUT2D eigenvalue weighted by atomic mass is 9.74. The van der Waals surface area contributed by atoms with Crippen LogP contribution in [0.15, 0.2) is 0 Å². The molecule has 4 heteroatoms. The number of ether oxygens (including phenoxy) is 1. The second kappa shape index (κ2) is 5.59.